The van der Waals surface area contributed by atoms with Crippen LogP contribution in [0, 0.1) is 5.82 Å². The molecule has 4 nitrogen and oxygen atoms in total. The number of carbonyl (C=O) groups excluding carboxylic acids is 1. The molecule has 0 aromatic heterocycles. The predicted molar refractivity (Wildman–Crippen MR) is 78.5 cm³/mol. The van der Waals surface area contributed by atoms with Crippen molar-refractivity contribution in [2.45, 2.75) is 13.0 Å². The maximum Gasteiger partial charge on any atom is 0.326 e. The first-order valence-corrected chi connectivity index (χ1v) is 6.88. The number of amides is 1. The number of benzene rings is 1. The molecule has 1 aromatic rings. The largest absolute Gasteiger partial charge is 0.480 e. The van der Waals surface area contributed by atoms with Crippen molar-refractivity contribution in [3.8, 4) is 0 Å². The summed E-state index contributed by atoms with van der Waals surface area (Å²) in [5.41, 5.74) is 0.260. The zero-order valence-electron chi connectivity index (χ0n) is 10.4. The Morgan fingerprint density at radius 3 is 2.75 bits per heavy atom. The van der Waals surface area contributed by atoms with Gasteiger partial charge in [-0.25, -0.2) is 9.18 Å². The number of carbonyl (C=O) groups is 2. The summed E-state index contributed by atoms with van der Waals surface area (Å²) in [5, 5.41) is 8.96. The Labute approximate surface area is 124 Å². The lowest BCUT2D eigenvalue weighted by atomic mass is 10.2. The van der Waals surface area contributed by atoms with Gasteiger partial charge in [-0.15, -0.1) is 0 Å². The highest BCUT2D eigenvalue weighted by atomic mass is 32.2. The summed E-state index contributed by atoms with van der Waals surface area (Å²) in [6.07, 6.45) is 1.38. The first kappa shape index (κ1) is 14.7. The molecule has 0 bridgehead atoms. The SMILES string of the molecule is C[C@@H](C(=O)O)N1C(=O)/C(=C\c2ccccc2F)SC1=S. The third kappa shape index (κ3) is 2.73. The Balaban J connectivity index is 2.33. The van der Waals surface area contributed by atoms with Crippen molar-refractivity contribution >= 4 is 46.3 Å². The summed E-state index contributed by atoms with van der Waals surface area (Å²) in [6.45, 7) is 1.37. The van der Waals surface area contributed by atoms with Gasteiger partial charge in [-0.05, 0) is 19.1 Å². The molecule has 7 heteroatoms. The molecule has 1 N–H and O–H groups in total. The van der Waals surface area contributed by atoms with Crippen molar-refractivity contribution < 1.29 is 19.1 Å². The number of carboxylic acid groups (broad SMARTS) is 1. The van der Waals surface area contributed by atoms with Crippen LogP contribution in [0.2, 0.25) is 0 Å². The van der Waals surface area contributed by atoms with Gasteiger partial charge in [0.25, 0.3) is 5.91 Å². The Morgan fingerprint density at radius 1 is 1.50 bits per heavy atom. The summed E-state index contributed by atoms with van der Waals surface area (Å²) >= 11 is 5.98. The fourth-order valence-corrected chi connectivity index (χ4v) is 3.07. The molecule has 20 heavy (non-hydrogen) atoms. The van der Waals surface area contributed by atoms with E-state index in [4.69, 9.17) is 17.3 Å². The van der Waals surface area contributed by atoms with Crippen LogP contribution in [0.25, 0.3) is 6.08 Å². The maximum absolute atomic E-state index is 13.5. The number of halogens is 1. The smallest absolute Gasteiger partial charge is 0.326 e. The molecule has 1 fully saturated rings. The second-order valence-electron chi connectivity index (χ2n) is 4.09. The van der Waals surface area contributed by atoms with Gasteiger partial charge in [0.05, 0.1) is 4.91 Å². The lowest BCUT2D eigenvalue weighted by Crippen LogP contribution is -2.41. The molecule has 1 amide bonds. The van der Waals surface area contributed by atoms with Gasteiger partial charge in [-0.1, -0.05) is 42.2 Å². The van der Waals surface area contributed by atoms with Gasteiger partial charge in [-0.2, -0.15) is 0 Å². The second-order valence-corrected chi connectivity index (χ2v) is 5.76. The monoisotopic (exact) mass is 311 g/mol. The lowest BCUT2D eigenvalue weighted by Gasteiger charge is -2.18. The fraction of sp³-hybridized carbons (Fsp3) is 0.154. The van der Waals surface area contributed by atoms with Crippen LogP contribution in [-0.4, -0.2) is 32.2 Å². The average Bonchev–Trinajstić information content (AvgIpc) is 2.66. The molecule has 1 aliphatic heterocycles. The van der Waals surface area contributed by atoms with Crippen LogP contribution in [0.3, 0.4) is 0 Å². The highest BCUT2D eigenvalue weighted by molar-refractivity contribution is 8.26. The molecule has 0 unspecified atom stereocenters. The van der Waals surface area contributed by atoms with Gasteiger partial charge >= 0.3 is 5.97 Å². The van der Waals surface area contributed by atoms with Crippen molar-refractivity contribution in [1.29, 1.82) is 0 Å². The Hall–Kier alpha value is -1.73. The van der Waals surface area contributed by atoms with Gasteiger partial charge in [0, 0.05) is 5.56 Å². The number of thiocarbonyl (C=S) groups is 1. The van der Waals surface area contributed by atoms with Crippen molar-refractivity contribution in [2.75, 3.05) is 0 Å². The summed E-state index contributed by atoms with van der Waals surface area (Å²) in [7, 11) is 0. The third-order valence-corrected chi connectivity index (χ3v) is 4.09. The molecule has 104 valence electrons. The molecule has 1 aliphatic rings. The molecule has 0 spiro atoms. The van der Waals surface area contributed by atoms with E-state index in [1.54, 1.807) is 12.1 Å². The Morgan fingerprint density at radius 2 is 2.15 bits per heavy atom. The Kier molecular flexibility index (Phi) is 4.20. The van der Waals surface area contributed by atoms with Crippen LogP contribution in [0.4, 0.5) is 4.39 Å². The standard InChI is InChI=1S/C13H10FNO3S2/c1-7(12(17)18)15-11(16)10(20-13(15)19)6-8-4-2-3-5-9(8)14/h2-7H,1H3,(H,17,18)/b10-6+/t7-/m0/s1. The number of thioether (sulfide) groups is 1. The first-order chi connectivity index (χ1) is 9.41. The molecule has 1 aromatic carbocycles. The van der Waals surface area contributed by atoms with E-state index in [1.807, 2.05) is 0 Å². The molecular weight excluding hydrogens is 301 g/mol. The van der Waals surface area contributed by atoms with Crippen LogP contribution in [0.5, 0.6) is 0 Å². The van der Waals surface area contributed by atoms with Gasteiger partial charge in [0.15, 0.2) is 0 Å². The molecule has 2 rings (SSSR count). The number of aliphatic carboxylic acids is 1. The van der Waals surface area contributed by atoms with Gasteiger partial charge in [0.1, 0.15) is 16.2 Å². The number of hydrogen-bond donors (Lipinski definition) is 1. The summed E-state index contributed by atoms with van der Waals surface area (Å²) in [6, 6.07) is 4.96. The molecule has 0 aliphatic carbocycles. The number of carboxylic acids is 1. The van der Waals surface area contributed by atoms with Crippen molar-refractivity contribution in [3.63, 3.8) is 0 Å². The average molecular weight is 311 g/mol. The van der Waals surface area contributed by atoms with Crippen molar-refractivity contribution in [3.05, 3.63) is 40.6 Å². The van der Waals surface area contributed by atoms with Gasteiger partial charge in [0.2, 0.25) is 0 Å². The van der Waals surface area contributed by atoms with E-state index in [9.17, 15) is 14.0 Å². The fourth-order valence-electron chi connectivity index (χ4n) is 1.66. The van der Waals surface area contributed by atoms with E-state index < -0.39 is 23.7 Å². The minimum atomic E-state index is -1.14. The number of hydrogen-bond acceptors (Lipinski definition) is 4. The van der Waals surface area contributed by atoms with E-state index in [0.717, 1.165) is 16.7 Å². The third-order valence-electron chi connectivity index (χ3n) is 2.76. The molecule has 0 saturated carbocycles. The molecule has 1 heterocycles. The highest BCUT2D eigenvalue weighted by Gasteiger charge is 2.38. The van der Waals surface area contributed by atoms with Gasteiger partial charge in [-0.3, -0.25) is 9.69 Å². The minimum Gasteiger partial charge on any atom is -0.480 e. The van der Waals surface area contributed by atoms with Crippen LogP contribution in [-0.2, 0) is 9.59 Å². The van der Waals surface area contributed by atoms with Crippen LogP contribution < -0.4 is 0 Å². The molecule has 1 atom stereocenters. The molecule has 1 saturated heterocycles. The van der Waals surface area contributed by atoms with Crippen LogP contribution >= 0.6 is 24.0 Å². The van der Waals surface area contributed by atoms with E-state index >= 15 is 0 Å². The van der Waals surface area contributed by atoms with Crippen LogP contribution in [0.1, 0.15) is 12.5 Å². The summed E-state index contributed by atoms with van der Waals surface area (Å²) in [5.74, 6) is -2.12. The quantitative estimate of drug-likeness (QED) is 0.686. The lowest BCUT2D eigenvalue weighted by molar-refractivity contribution is -0.144. The molecule has 0 radical (unpaired) electrons. The van der Waals surface area contributed by atoms with Gasteiger partial charge < -0.3 is 5.11 Å². The second kappa shape index (κ2) is 5.72. The zero-order valence-corrected chi connectivity index (χ0v) is 12.0. The Bertz CT molecular complexity index is 630. The highest BCUT2D eigenvalue weighted by Crippen LogP contribution is 2.34. The summed E-state index contributed by atoms with van der Waals surface area (Å²) < 4.78 is 13.7. The topological polar surface area (TPSA) is 57.6 Å². The number of rotatable bonds is 3. The maximum atomic E-state index is 13.5. The minimum absolute atomic E-state index is 0.160. The predicted octanol–water partition coefficient (Wildman–Crippen LogP) is 2.50. The van der Waals surface area contributed by atoms with Crippen LogP contribution in [0.15, 0.2) is 29.2 Å². The van der Waals surface area contributed by atoms with E-state index in [-0.39, 0.29) is 14.8 Å². The van der Waals surface area contributed by atoms with E-state index in [0.29, 0.717) is 0 Å². The molecular formula is C13H10FNO3S2. The number of nitrogens with zero attached hydrogens (tertiary/aromatic N) is 1. The van der Waals surface area contributed by atoms with Crippen molar-refractivity contribution in [1.82, 2.24) is 4.90 Å². The van der Waals surface area contributed by atoms with E-state index in [1.165, 1.54) is 25.1 Å². The van der Waals surface area contributed by atoms with E-state index in [2.05, 4.69) is 0 Å². The summed E-state index contributed by atoms with van der Waals surface area (Å²) in [4.78, 5) is 24.3. The van der Waals surface area contributed by atoms with Crippen molar-refractivity contribution in [2.24, 2.45) is 0 Å². The first-order valence-electron chi connectivity index (χ1n) is 5.66. The zero-order chi connectivity index (χ0) is 14.9. The normalized spacial score (nSPS) is 18.7.